The normalized spacial score (nSPS) is 10.4. The van der Waals surface area contributed by atoms with Gasteiger partial charge in [-0.25, -0.2) is 23.6 Å². The maximum absolute atomic E-state index is 11.8. The summed E-state index contributed by atoms with van der Waals surface area (Å²) in [6.45, 7) is 13.8. The van der Waals surface area contributed by atoms with Crippen molar-refractivity contribution in [2.75, 3.05) is 12.8 Å². The lowest BCUT2D eigenvalue weighted by molar-refractivity contribution is 0.0598. The highest BCUT2D eigenvalue weighted by atomic mass is 79.9. The molecule has 0 atom stereocenters. The average Bonchev–Trinajstić information content (AvgIpc) is 4.03. The molecule has 0 radical (unpaired) electrons. The fourth-order valence-corrected chi connectivity index (χ4v) is 7.95. The summed E-state index contributed by atoms with van der Waals surface area (Å²) in [4.78, 5) is 46.0. The number of halogens is 1. The van der Waals surface area contributed by atoms with Gasteiger partial charge >= 0.3 is 11.9 Å². The molecule has 16 heteroatoms. The number of nitrogens with zero attached hydrogens (tertiary/aromatic N) is 9. The number of hydrogen-bond acceptors (Lipinski definition) is 11. The van der Waals surface area contributed by atoms with Crippen LogP contribution >= 0.6 is 15.9 Å². The monoisotopic (exact) mass is 1010 g/mol. The van der Waals surface area contributed by atoms with Gasteiger partial charge in [0.25, 0.3) is 0 Å². The first-order valence-corrected chi connectivity index (χ1v) is 23.2. The van der Waals surface area contributed by atoms with Crippen molar-refractivity contribution in [3.05, 3.63) is 224 Å². The first-order valence-electron chi connectivity index (χ1n) is 22.4. The van der Waals surface area contributed by atoms with Crippen LogP contribution in [0.4, 0.5) is 5.69 Å². The Balaban J connectivity index is 0.000000162. The molecule has 9 rings (SSSR count). The summed E-state index contributed by atoms with van der Waals surface area (Å²) in [6.07, 6.45) is 16.1. The first kappa shape index (κ1) is 52.0. The van der Waals surface area contributed by atoms with Gasteiger partial charge in [0.05, 0.1) is 69.7 Å². The Hall–Kier alpha value is -8.37. The smallest absolute Gasteiger partial charge is 0.339 e. The molecule has 0 unspecified atom stereocenters. The number of carboxylic acid groups (broad SMARTS) is 1. The standard InChI is InChI=1S/C19H19N3O.C18H17N3O2.C11H13N3.C7H6BrNO2/c1-13-6-4-5-7-19(13)22-14(2)16(12-21-22)10-17-11-20-9-8-18(17)15(3)23;1-12-5-3-4-6-17(12)21-13(2)14(11-20-21)9-15-10-19-8-7-16(15)18(22)23;1-8-5-3-4-6-11(8)14-9(2)10(12)7-13-14;1-11-7(10)5-2-3-9-4-6(5)8/h4-9,11-12H,10H2,1-3H3;3-8,10-11H,9H2,1-2H3,(H,22,23);3-7H,12H2,1-2H3;2-4H,1H3. The Morgan fingerprint density at radius 3 is 1.32 bits per heavy atom. The van der Waals surface area contributed by atoms with E-state index in [4.69, 9.17) is 5.73 Å². The highest BCUT2D eigenvalue weighted by molar-refractivity contribution is 9.10. The van der Waals surface area contributed by atoms with Crippen LogP contribution in [0.15, 0.2) is 151 Å². The molecule has 71 heavy (non-hydrogen) atoms. The number of ether oxygens (including phenoxy) is 1. The van der Waals surface area contributed by atoms with Crippen LogP contribution in [-0.2, 0) is 17.6 Å². The van der Waals surface area contributed by atoms with Crippen molar-refractivity contribution in [2.24, 2.45) is 0 Å². The van der Waals surface area contributed by atoms with Gasteiger partial charge in [-0.05, 0) is 140 Å². The number of anilines is 1. The number of nitrogens with two attached hydrogens (primary N) is 1. The predicted molar refractivity (Wildman–Crippen MR) is 278 cm³/mol. The minimum Gasteiger partial charge on any atom is -0.478 e. The molecular weight excluding hydrogens is 961 g/mol. The van der Waals surface area contributed by atoms with Crippen molar-refractivity contribution in [2.45, 2.75) is 61.3 Å². The van der Waals surface area contributed by atoms with E-state index in [1.807, 2.05) is 95.6 Å². The Morgan fingerprint density at radius 1 is 0.535 bits per heavy atom. The van der Waals surface area contributed by atoms with E-state index in [1.54, 1.807) is 56.2 Å². The zero-order valence-corrected chi connectivity index (χ0v) is 42.4. The van der Waals surface area contributed by atoms with Crippen molar-refractivity contribution in [3.63, 3.8) is 0 Å². The van der Waals surface area contributed by atoms with Gasteiger partial charge in [0.15, 0.2) is 5.78 Å². The summed E-state index contributed by atoms with van der Waals surface area (Å²) in [5.74, 6) is -1.24. The van der Waals surface area contributed by atoms with Crippen molar-refractivity contribution in [1.82, 2.24) is 44.3 Å². The van der Waals surface area contributed by atoms with Gasteiger partial charge in [-0.1, -0.05) is 54.6 Å². The number of hydrogen-bond donors (Lipinski definition) is 2. The average molecular weight is 1020 g/mol. The van der Waals surface area contributed by atoms with Gasteiger partial charge in [0, 0.05) is 67.0 Å². The summed E-state index contributed by atoms with van der Waals surface area (Å²) in [5.41, 5.74) is 21.4. The van der Waals surface area contributed by atoms with Gasteiger partial charge in [-0.15, -0.1) is 0 Å². The van der Waals surface area contributed by atoms with Crippen LogP contribution < -0.4 is 5.73 Å². The molecule has 0 aliphatic carbocycles. The number of Topliss-reactive ketones (excluding diaryl/α,β-unsaturated/α-hetero) is 1. The molecule has 0 fully saturated rings. The van der Waals surface area contributed by atoms with Crippen molar-refractivity contribution < 1.29 is 24.2 Å². The summed E-state index contributed by atoms with van der Waals surface area (Å²) in [6, 6.07) is 29.2. The molecule has 0 amide bonds. The number of rotatable bonds is 10. The fourth-order valence-electron chi connectivity index (χ4n) is 7.54. The molecule has 0 saturated heterocycles. The number of methoxy groups -OCH3 is 1. The Morgan fingerprint density at radius 2 is 0.930 bits per heavy atom. The number of nitrogen functional groups attached to an aromatic ring is 1. The molecule has 0 bridgehead atoms. The number of esters is 1. The number of benzene rings is 3. The van der Waals surface area contributed by atoms with E-state index in [2.05, 4.69) is 89.9 Å². The number of carboxylic acids is 1. The quantitative estimate of drug-likeness (QED) is 0.0972. The third kappa shape index (κ3) is 12.8. The van der Waals surface area contributed by atoms with Crippen molar-refractivity contribution >= 4 is 39.3 Å². The second-order valence-electron chi connectivity index (χ2n) is 16.4. The summed E-state index contributed by atoms with van der Waals surface area (Å²) < 4.78 is 10.9. The summed E-state index contributed by atoms with van der Waals surface area (Å²) >= 11 is 3.17. The van der Waals surface area contributed by atoms with E-state index in [1.165, 1.54) is 36.7 Å². The molecule has 0 aliphatic rings. The van der Waals surface area contributed by atoms with E-state index in [0.717, 1.165) is 67.6 Å². The minimum absolute atomic E-state index is 0.0614. The molecule has 362 valence electrons. The first-order chi connectivity index (χ1) is 34.1. The molecule has 0 saturated carbocycles. The fraction of sp³-hybridized carbons (Fsp3) is 0.182. The van der Waals surface area contributed by atoms with Gasteiger partial charge in [0.1, 0.15) is 0 Å². The topological polar surface area (TPSA) is 199 Å². The zero-order chi connectivity index (χ0) is 51.2. The van der Waals surface area contributed by atoms with Crippen molar-refractivity contribution in [1.29, 1.82) is 0 Å². The molecule has 0 aliphatic heterocycles. The van der Waals surface area contributed by atoms with Crippen LogP contribution in [0.3, 0.4) is 0 Å². The number of para-hydroxylation sites is 3. The zero-order valence-electron chi connectivity index (χ0n) is 40.8. The number of aryl methyl sites for hydroxylation is 3. The van der Waals surface area contributed by atoms with E-state index in [-0.39, 0.29) is 17.3 Å². The maximum atomic E-state index is 11.8. The molecule has 6 aromatic heterocycles. The Kier molecular flexibility index (Phi) is 17.8. The maximum Gasteiger partial charge on any atom is 0.339 e. The lowest BCUT2D eigenvalue weighted by Crippen LogP contribution is -2.05. The highest BCUT2D eigenvalue weighted by Gasteiger charge is 2.16. The second kappa shape index (κ2) is 24.3. The van der Waals surface area contributed by atoms with Crippen LogP contribution in [0.1, 0.15) is 94.0 Å². The summed E-state index contributed by atoms with van der Waals surface area (Å²) in [5, 5.41) is 22.5. The second-order valence-corrected chi connectivity index (χ2v) is 17.3. The number of aromatic nitrogens is 9. The minimum atomic E-state index is -0.939. The lowest BCUT2D eigenvalue weighted by Gasteiger charge is -2.09. The van der Waals surface area contributed by atoms with Crippen molar-refractivity contribution in [3.8, 4) is 17.1 Å². The number of carbonyl (C=O) groups excluding carboxylic acids is 2. The molecule has 15 nitrogen and oxygen atoms in total. The molecule has 3 N–H and O–H groups in total. The van der Waals surface area contributed by atoms with Gasteiger partial charge in [-0.2, -0.15) is 15.3 Å². The number of ketones is 1. The SMILES string of the molecule is CC(=O)c1ccncc1Cc1cnn(-c2ccccc2C)c1C.COC(=O)c1ccncc1Br.Cc1ccccc1-n1ncc(Cc2cnccc2C(=O)O)c1C.Cc1ccccc1-n1ncc(N)c1C. The Bertz CT molecular complexity index is 3160. The van der Waals surface area contributed by atoms with Crippen LogP contribution in [0.5, 0.6) is 0 Å². The molecule has 0 spiro atoms. The van der Waals surface area contributed by atoms with E-state index in [0.29, 0.717) is 28.4 Å². The predicted octanol–water partition coefficient (Wildman–Crippen LogP) is 10.6. The third-order valence-electron chi connectivity index (χ3n) is 11.7. The third-order valence-corrected chi connectivity index (χ3v) is 12.3. The number of carbonyl (C=O) groups is 3. The van der Waals surface area contributed by atoms with Crippen LogP contribution in [-0.4, -0.2) is 74.2 Å². The molecule has 6 heterocycles. The largest absolute Gasteiger partial charge is 0.478 e. The summed E-state index contributed by atoms with van der Waals surface area (Å²) in [7, 11) is 1.34. The lowest BCUT2D eigenvalue weighted by atomic mass is 10.0. The van der Waals surface area contributed by atoms with Crippen LogP contribution in [0.2, 0.25) is 0 Å². The van der Waals surface area contributed by atoms with E-state index >= 15 is 0 Å². The Labute approximate surface area is 421 Å². The molecular formula is C55H55BrN10O5. The van der Waals surface area contributed by atoms with Gasteiger partial charge in [0.2, 0.25) is 0 Å². The molecule has 3 aromatic carbocycles. The molecule has 9 aromatic rings. The van der Waals surface area contributed by atoms with Gasteiger partial charge < -0.3 is 15.6 Å². The van der Waals surface area contributed by atoms with E-state index in [9.17, 15) is 19.5 Å². The van der Waals surface area contributed by atoms with Crippen LogP contribution in [0, 0.1) is 41.5 Å². The van der Waals surface area contributed by atoms with Crippen LogP contribution in [0.25, 0.3) is 17.1 Å². The number of pyridine rings is 3. The van der Waals surface area contributed by atoms with Gasteiger partial charge in [-0.3, -0.25) is 19.7 Å². The highest BCUT2D eigenvalue weighted by Crippen LogP contribution is 2.24. The number of aromatic carboxylic acids is 1. The van der Waals surface area contributed by atoms with E-state index < -0.39 is 5.97 Å².